The van der Waals surface area contributed by atoms with E-state index in [4.69, 9.17) is 4.74 Å². The van der Waals surface area contributed by atoms with E-state index in [1.54, 1.807) is 0 Å². The zero-order valence-electron chi connectivity index (χ0n) is 13.5. The van der Waals surface area contributed by atoms with Crippen molar-refractivity contribution in [2.45, 2.75) is 65.0 Å². The molecule has 0 amide bonds. The fourth-order valence-corrected chi connectivity index (χ4v) is 3.70. The van der Waals surface area contributed by atoms with E-state index in [0.717, 1.165) is 22.7 Å². The van der Waals surface area contributed by atoms with Crippen LogP contribution in [-0.4, -0.2) is 12.6 Å². The summed E-state index contributed by atoms with van der Waals surface area (Å²) in [4.78, 5) is 0. The molecule has 0 radical (unpaired) electrons. The summed E-state index contributed by atoms with van der Waals surface area (Å²) in [5, 5.41) is 3.44. The highest BCUT2D eigenvalue weighted by atomic mass is 79.9. The summed E-state index contributed by atoms with van der Waals surface area (Å²) in [7, 11) is 0. The van der Waals surface area contributed by atoms with Gasteiger partial charge in [0.15, 0.2) is 0 Å². The van der Waals surface area contributed by atoms with Gasteiger partial charge in [-0.3, -0.25) is 0 Å². The van der Waals surface area contributed by atoms with Crippen LogP contribution < -0.4 is 10.1 Å². The second kappa shape index (κ2) is 8.19. The van der Waals surface area contributed by atoms with Gasteiger partial charge in [0, 0.05) is 6.04 Å². The number of hydrogen-bond acceptors (Lipinski definition) is 2. The Bertz CT molecular complexity index is 449. The molecule has 1 aliphatic rings. The lowest BCUT2D eigenvalue weighted by atomic mass is 9.85. The average molecular weight is 354 g/mol. The third kappa shape index (κ3) is 4.72. The summed E-state index contributed by atoms with van der Waals surface area (Å²) >= 11 is 3.67. The van der Waals surface area contributed by atoms with Gasteiger partial charge in [0.2, 0.25) is 0 Å². The Morgan fingerprint density at radius 2 is 2.14 bits per heavy atom. The van der Waals surface area contributed by atoms with Gasteiger partial charge < -0.3 is 10.1 Å². The monoisotopic (exact) mass is 353 g/mol. The van der Waals surface area contributed by atoms with Gasteiger partial charge in [0.1, 0.15) is 5.75 Å². The van der Waals surface area contributed by atoms with Crippen LogP contribution in [0.5, 0.6) is 5.75 Å². The van der Waals surface area contributed by atoms with Gasteiger partial charge in [-0.05, 0) is 72.3 Å². The fraction of sp³-hybridized carbons (Fsp3) is 0.667. The quantitative estimate of drug-likeness (QED) is 0.732. The molecule has 2 nitrogen and oxygen atoms in total. The molecule has 1 saturated carbocycles. The maximum atomic E-state index is 6.25. The minimum atomic E-state index is 0.375. The fourth-order valence-electron chi connectivity index (χ4n) is 3.21. The maximum absolute atomic E-state index is 6.25. The summed E-state index contributed by atoms with van der Waals surface area (Å²) < 4.78 is 7.32. The van der Waals surface area contributed by atoms with Gasteiger partial charge >= 0.3 is 0 Å². The van der Waals surface area contributed by atoms with Crippen molar-refractivity contribution in [1.82, 2.24) is 5.32 Å². The number of nitrogens with one attached hydrogen (secondary N) is 1. The maximum Gasteiger partial charge on any atom is 0.133 e. The first-order chi connectivity index (χ1) is 10.1. The summed E-state index contributed by atoms with van der Waals surface area (Å²) in [6, 6.07) is 6.85. The first-order valence-electron chi connectivity index (χ1n) is 8.33. The molecule has 0 saturated heterocycles. The van der Waals surface area contributed by atoms with Crippen LogP contribution >= 0.6 is 15.9 Å². The lowest BCUT2D eigenvalue weighted by Gasteiger charge is -2.29. The normalized spacial score (nSPS) is 23.8. The molecule has 21 heavy (non-hydrogen) atoms. The second-order valence-corrected chi connectivity index (χ2v) is 7.00. The Morgan fingerprint density at radius 3 is 2.81 bits per heavy atom. The van der Waals surface area contributed by atoms with Crippen molar-refractivity contribution >= 4 is 15.9 Å². The van der Waals surface area contributed by atoms with E-state index in [-0.39, 0.29) is 0 Å². The Morgan fingerprint density at radius 1 is 1.33 bits per heavy atom. The van der Waals surface area contributed by atoms with Crippen LogP contribution in [0.4, 0.5) is 0 Å². The number of halogens is 1. The van der Waals surface area contributed by atoms with Crippen molar-refractivity contribution in [3.05, 3.63) is 28.2 Å². The first-order valence-corrected chi connectivity index (χ1v) is 9.12. The predicted octanol–water partition coefficient (Wildman–Crippen LogP) is 5.47. The summed E-state index contributed by atoms with van der Waals surface area (Å²) in [5.41, 5.74) is 1.30. The molecule has 0 aromatic heterocycles. The van der Waals surface area contributed by atoms with Crippen LogP contribution in [-0.2, 0) is 0 Å². The molecule has 1 N–H and O–H groups in total. The second-order valence-electron chi connectivity index (χ2n) is 6.15. The molecule has 1 aromatic carbocycles. The van der Waals surface area contributed by atoms with E-state index in [2.05, 4.69) is 60.2 Å². The van der Waals surface area contributed by atoms with Crippen molar-refractivity contribution in [2.75, 3.05) is 6.54 Å². The first kappa shape index (κ1) is 16.8. The smallest absolute Gasteiger partial charge is 0.133 e. The van der Waals surface area contributed by atoms with E-state index in [1.165, 1.54) is 37.7 Å². The van der Waals surface area contributed by atoms with Gasteiger partial charge in [0.05, 0.1) is 10.6 Å². The zero-order chi connectivity index (χ0) is 15.2. The Balaban J connectivity index is 2.00. The van der Waals surface area contributed by atoms with E-state index < -0.39 is 0 Å². The van der Waals surface area contributed by atoms with E-state index in [0.29, 0.717) is 12.1 Å². The van der Waals surface area contributed by atoms with Crippen LogP contribution in [0.25, 0.3) is 0 Å². The highest BCUT2D eigenvalue weighted by Crippen LogP contribution is 2.33. The molecule has 0 bridgehead atoms. The molecule has 1 aliphatic carbocycles. The minimum Gasteiger partial charge on any atom is -0.489 e. The van der Waals surface area contributed by atoms with E-state index in [9.17, 15) is 0 Å². The molecule has 0 spiro atoms. The Hall–Kier alpha value is -0.540. The van der Waals surface area contributed by atoms with E-state index in [1.807, 2.05) is 0 Å². The predicted molar refractivity (Wildman–Crippen MR) is 92.9 cm³/mol. The molecule has 3 atom stereocenters. The van der Waals surface area contributed by atoms with Crippen molar-refractivity contribution in [3.63, 3.8) is 0 Å². The molecular weight excluding hydrogens is 326 g/mol. The number of rotatable bonds is 6. The van der Waals surface area contributed by atoms with Crippen molar-refractivity contribution in [1.29, 1.82) is 0 Å². The van der Waals surface area contributed by atoms with Crippen LogP contribution in [0.3, 0.4) is 0 Å². The summed E-state index contributed by atoms with van der Waals surface area (Å²) in [5.74, 6) is 1.83. The Kier molecular flexibility index (Phi) is 6.56. The van der Waals surface area contributed by atoms with Gasteiger partial charge in [-0.2, -0.15) is 0 Å². The Labute approximate surface area is 137 Å². The minimum absolute atomic E-state index is 0.375. The molecule has 3 heteroatoms. The van der Waals surface area contributed by atoms with Crippen molar-refractivity contribution in [2.24, 2.45) is 5.92 Å². The largest absolute Gasteiger partial charge is 0.489 e. The lowest BCUT2D eigenvalue weighted by molar-refractivity contribution is 0.121. The van der Waals surface area contributed by atoms with Crippen LogP contribution in [0.15, 0.2) is 22.7 Å². The van der Waals surface area contributed by atoms with Gasteiger partial charge in [0.25, 0.3) is 0 Å². The standard InChI is InChI=1S/C18H28BrNO/c1-4-14-7-6-8-16(11-14)21-18-10-9-15(12-17(18)19)13(3)20-5-2/h9-10,12-14,16,20H,4-8,11H2,1-3H3. The molecule has 3 unspecified atom stereocenters. The molecule has 2 rings (SSSR count). The van der Waals surface area contributed by atoms with Gasteiger partial charge in [-0.25, -0.2) is 0 Å². The highest BCUT2D eigenvalue weighted by molar-refractivity contribution is 9.10. The average Bonchev–Trinajstić information content (AvgIpc) is 2.49. The van der Waals surface area contributed by atoms with Gasteiger partial charge in [-0.1, -0.05) is 32.8 Å². The number of hydrogen-bond donors (Lipinski definition) is 1. The third-order valence-electron chi connectivity index (χ3n) is 4.57. The molecule has 118 valence electrons. The highest BCUT2D eigenvalue weighted by Gasteiger charge is 2.22. The molecular formula is C18H28BrNO. The SMILES string of the molecule is CCNC(C)c1ccc(OC2CCCC(CC)C2)c(Br)c1. The summed E-state index contributed by atoms with van der Waals surface area (Å²) in [6.45, 7) is 7.60. The zero-order valence-corrected chi connectivity index (χ0v) is 15.1. The molecule has 0 aliphatic heterocycles. The number of benzene rings is 1. The van der Waals surface area contributed by atoms with Crippen LogP contribution in [0.2, 0.25) is 0 Å². The van der Waals surface area contributed by atoms with Gasteiger partial charge in [-0.15, -0.1) is 0 Å². The van der Waals surface area contributed by atoms with Crippen molar-refractivity contribution < 1.29 is 4.74 Å². The molecule has 1 fully saturated rings. The number of ether oxygens (including phenoxy) is 1. The lowest BCUT2D eigenvalue weighted by Crippen LogP contribution is -2.25. The summed E-state index contributed by atoms with van der Waals surface area (Å²) in [6.07, 6.45) is 6.74. The topological polar surface area (TPSA) is 21.3 Å². The van der Waals surface area contributed by atoms with Crippen LogP contribution in [0.1, 0.15) is 64.5 Å². The van der Waals surface area contributed by atoms with Crippen LogP contribution in [0, 0.1) is 5.92 Å². The molecule has 0 heterocycles. The van der Waals surface area contributed by atoms with E-state index >= 15 is 0 Å². The third-order valence-corrected chi connectivity index (χ3v) is 5.19. The molecule has 1 aromatic rings. The van der Waals surface area contributed by atoms with Crippen molar-refractivity contribution in [3.8, 4) is 5.75 Å².